The van der Waals surface area contributed by atoms with Gasteiger partial charge in [0.15, 0.2) is 5.58 Å². The highest BCUT2D eigenvalue weighted by molar-refractivity contribution is 6.22. The van der Waals surface area contributed by atoms with Crippen molar-refractivity contribution in [2.45, 2.75) is 46.4 Å². The molecule has 0 aliphatic heterocycles. The first kappa shape index (κ1) is 26.2. The molecule has 0 aliphatic carbocycles. The molecule has 3 heterocycles. The van der Waals surface area contributed by atoms with E-state index in [0.717, 1.165) is 55.0 Å². The minimum absolute atomic E-state index is 0.0402. The lowest BCUT2D eigenvalue weighted by atomic mass is 9.88. The molecule has 49 heavy (non-hydrogen) atoms. The Balaban J connectivity index is 1.40. The summed E-state index contributed by atoms with van der Waals surface area (Å²) < 4.78 is 34.6. The smallest absolute Gasteiger partial charge is 0.157 e. The normalized spacial score (nSPS) is 13.3. The third kappa shape index (κ3) is 4.58. The second-order valence-electron chi connectivity index (χ2n) is 13.6. The number of pyridine rings is 1. The van der Waals surface area contributed by atoms with Crippen LogP contribution in [0, 0.1) is 6.85 Å². The number of nitrogens with zero attached hydrogens (tertiary/aromatic N) is 3. The van der Waals surface area contributed by atoms with Crippen LogP contribution in [0.3, 0.4) is 0 Å². The Morgan fingerprint density at radius 3 is 2.04 bits per heavy atom. The van der Waals surface area contributed by atoms with Crippen molar-refractivity contribution in [3.63, 3.8) is 0 Å². The van der Waals surface area contributed by atoms with Crippen molar-refractivity contribution in [2.24, 2.45) is 0 Å². The molecule has 0 N–H and O–H groups in total. The quantitative estimate of drug-likeness (QED) is 0.176. The second-order valence-corrected chi connectivity index (χ2v) is 13.6. The van der Waals surface area contributed by atoms with E-state index in [4.69, 9.17) is 18.5 Å². The molecular formula is C45H37N3O. The molecule has 3 aromatic heterocycles. The number of fused-ring (bicyclic) bond motifs is 7. The lowest BCUT2D eigenvalue weighted by molar-refractivity contribution is 0.664. The van der Waals surface area contributed by atoms with Crippen LogP contribution in [0.1, 0.15) is 60.5 Å². The first-order valence-corrected chi connectivity index (χ1v) is 17.0. The third-order valence-corrected chi connectivity index (χ3v) is 9.84. The molecule has 0 fully saturated rings. The summed E-state index contributed by atoms with van der Waals surface area (Å²) in [7, 11) is 0. The average Bonchev–Trinajstić information content (AvgIpc) is 3.72. The molecule has 0 bridgehead atoms. The molecule has 238 valence electrons. The number of rotatable bonds is 5. The highest BCUT2D eigenvalue weighted by atomic mass is 16.3. The van der Waals surface area contributed by atoms with Crippen molar-refractivity contribution in [3.05, 3.63) is 138 Å². The van der Waals surface area contributed by atoms with Crippen LogP contribution in [0.15, 0.2) is 126 Å². The minimum atomic E-state index is -2.49. The molecule has 0 amide bonds. The van der Waals surface area contributed by atoms with E-state index >= 15 is 0 Å². The number of aryl methyl sites for hydroxylation is 1. The molecule has 9 rings (SSSR count). The van der Waals surface area contributed by atoms with Crippen LogP contribution >= 0.6 is 0 Å². The van der Waals surface area contributed by atoms with Crippen molar-refractivity contribution in [3.8, 4) is 28.2 Å². The highest BCUT2D eigenvalue weighted by Gasteiger charge is 2.26. The van der Waals surface area contributed by atoms with Crippen LogP contribution in [0.25, 0.3) is 82.8 Å². The van der Waals surface area contributed by atoms with Gasteiger partial charge in [-0.2, -0.15) is 0 Å². The summed E-state index contributed by atoms with van der Waals surface area (Å²) >= 11 is 0. The van der Waals surface area contributed by atoms with Crippen molar-refractivity contribution < 1.29 is 8.53 Å². The van der Waals surface area contributed by atoms with Crippen molar-refractivity contribution in [1.82, 2.24) is 14.5 Å². The van der Waals surface area contributed by atoms with E-state index in [1.807, 2.05) is 54.6 Å². The van der Waals surface area contributed by atoms with Crippen molar-refractivity contribution in [1.29, 1.82) is 0 Å². The van der Waals surface area contributed by atoms with Gasteiger partial charge in [-0.3, -0.25) is 4.57 Å². The van der Waals surface area contributed by atoms with Gasteiger partial charge in [-0.15, -0.1) is 0 Å². The van der Waals surface area contributed by atoms with Crippen LogP contribution < -0.4 is 0 Å². The van der Waals surface area contributed by atoms with E-state index in [2.05, 4.69) is 99.0 Å². The highest BCUT2D eigenvalue weighted by Crippen LogP contribution is 2.44. The van der Waals surface area contributed by atoms with Crippen molar-refractivity contribution >= 4 is 54.6 Å². The zero-order valence-corrected chi connectivity index (χ0v) is 28.0. The van der Waals surface area contributed by atoms with E-state index in [0.29, 0.717) is 11.1 Å². The Morgan fingerprint density at radius 2 is 1.31 bits per heavy atom. The maximum atomic E-state index is 8.51. The summed E-state index contributed by atoms with van der Waals surface area (Å²) in [4.78, 5) is 10.1. The van der Waals surface area contributed by atoms with E-state index in [-0.39, 0.29) is 23.1 Å². The summed E-state index contributed by atoms with van der Waals surface area (Å²) in [6.45, 7) is 6.49. The predicted octanol–water partition coefficient (Wildman–Crippen LogP) is 12.5. The molecule has 0 saturated carbocycles. The molecular weight excluding hydrogens is 599 g/mol. The summed E-state index contributed by atoms with van der Waals surface area (Å²) in [5.41, 5.74) is 10.0. The minimum Gasteiger partial charge on any atom is -0.453 e. The number of benzene rings is 6. The zero-order valence-electron chi connectivity index (χ0n) is 31.0. The van der Waals surface area contributed by atoms with Gasteiger partial charge in [0.25, 0.3) is 0 Å². The van der Waals surface area contributed by atoms with Crippen LogP contribution in [0.2, 0.25) is 0 Å². The Bertz CT molecular complexity index is 2820. The summed E-state index contributed by atoms with van der Waals surface area (Å²) in [6.07, 6.45) is 0. The van der Waals surface area contributed by atoms with Gasteiger partial charge in [-0.05, 0) is 94.2 Å². The van der Waals surface area contributed by atoms with Gasteiger partial charge in [0.05, 0.1) is 33.5 Å². The maximum Gasteiger partial charge on any atom is 0.157 e. The van der Waals surface area contributed by atoms with Crippen LogP contribution in [-0.4, -0.2) is 14.5 Å². The molecule has 0 spiro atoms. The van der Waals surface area contributed by atoms with E-state index < -0.39 is 6.85 Å². The standard InChI is InChI=1S/C45H37N3O/c1-26(2)35-23-32(29-14-7-6-8-15-29)24-36(27(3)4)42(35)48-40-21-12-11-20-38(40)47-45(48)34-19-13-18-33-41-37-22-30-16-9-10-17-31(30)25-39(37)46-28(5)43(41)49-44(33)34/h6-27H,1-5H3/i5D3. The zero-order chi connectivity index (χ0) is 35.9. The summed E-state index contributed by atoms with van der Waals surface area (Å²) in [5.74, 6) is 1.16. The maximum absolute atomic E-state index is 8.51. The number of imidazole rings is 1. The topological polar surface area (TPSA) is 43.9 Å². The summed E-state index contributed by atoms with van der Waals surface area (Å²) in [6, 6.07) is 41.7. The first-order valence-electron chi connectivity index (χ1n) is 18.5. The molecule has 0 radical (unpaired) electrons. The molecule has 4 heteroatoms. The molecule has 0 aliphatic rings. The molecule has 0 unspecified atom stereocenters. The molecule has 0 saturated heterocycles. The average molecular weight is 639 g/mol. The Morgan fingerprint density at radius 1 is 0.612 bits per heavy atom. The largest absolute Gasteiger partial charge is 0.453 e. The number of para-hydroxylation sites is 3. The predicted molar refractivity (Wildman–Crippen MR) is 205 cm³/mol. The number of hydrogen-bond donors (Lipinski definition) is 0. The van der Waals surface area contributed by atoms with Crippen LogP contribution in [0.5, 0.6) is 0 Å². The fraction of sp³-hybridized carbons (Fsp3) is 0.156. The van der Waals surface area contributed by atoms with E-state index in [9.17, 15) is 0 Å². The lowest BCUT2D eigenvalue weighted by Crippen LogP contribution is -2.09. The monoisotopic (exact) mass is 638 g/mol. The van der Waals surface area contributed by atoms with Gasteiger partial charge in [0.2, 0.25) is 0 Å². The number of aromatic nitrogens is 3. The number of furan rings is 1. The van der Waals surface area contributed by atoms with E-state index in [1.165, 1.54) is 22.3 Å². The third-order valence-electron chi connectivity index (χ3n) is 9.84. The molecule has 9 aromatic rings. The van der Waals surface area contributed by atoms with Gasteiger partial charge >= 0.3 is 0 Å². The SMILES string of the molecule is [2H]C([2H])([2H])c1nc2cc3ccccc3cc2c2c1oc1c(-c3nc4ccccc4n3-c3c(C(C)C)cc(-c4ccccc4)cc3C(C)C)cccc12. The van der Waals surface area contributed by atoms with Gasteiger partial charge in [0.1, 0.15) is 11.4 Å². The van der Waals surface area contributed by atoms with Gasteiger partial charge in [0, 0.05) is 20.3 Å². The second kappa shape index (κ2) is 11.2. The fourth-order valence-electron chi connectivity index (χ4n) is 7.47. The molecule has 6 aromatic carbocycles. The first-order chi connectivity index (χ1) is 25.1. The van der Waals surface area contributed by atoms with Gasteiger partial charge in [-0.1, -0.05) is 107 Å². The Kier molecular flexibility index (Phi) is 5.98. The molecule has 4 nitrogen and oxygen atoms in total. The van der Waals surface area contributed by atoms with Gasteiger partial charge < -0.3 is 4.42 Å². The van der Waals surface area contributed by atoms with E-state index in [1.54, 1.807) is 0 Å². The molecule has 0 atom stereocenters. The summed E-state index contributed by atoms with van der Waals surface area (Å²) in [5, 5.41) is 4.48. The number of hydrogen-bond acceptors (Lipinski definition) is 3. The lowest BCUT2D eigenvalue weighted by Gasteiger charge is -2.24. The van der Waals surface area contributed by atoms with Crippen LogP contribution in [-0.2, 0) is 0 Å². The van der Waals surface area contributed by atoms with Crippen molar-refractivity contribution in [2.75, 3.05) is 0 Å². The van der Waals surface area contributed by atoms with Crippen LogP contribution in [0.4, 0.5) is 0 Å². The van der Waals surface area contributed by atoms with Gasteiger partial charge in [-0.25, -0.2) is 9.97 Å². The Hall–Kier alpha value is -5.74. The fourth-order valence-corrected chi connectivity index (χ4v) is 7.47. The Labute approximate surface area is 289 Å².